The van der Waals surface area contributed by atoms with Crippen molar-refractivity contribution in [1.82, 2.24) is 0 Å². The van der Waals surface area contributed by atoms with Gasteiger partial charge in [-0.25, -0.2) is 0 Å². The average Bonchev–Trinajstić information content (AvgIpc) is 2.77. The summed E-state index contributed by atoms with van der Waals surface area (Å²) in [7, 11) is 0. The molecule has 0 saturated heterocycles. The number of fused-ring (bicyclic) bond motifs is 5. The molecule has 1 unspecified atom stereocenters. The molecule has 2 nitrogen and oxygen atoms in total. The predicted octanol–water partition coefficient (Wildman–Crippen LogP) is 4.11. The summed E-state index contributed by atoms with van der Waals surface area (Å²) < 4.78 is 0. The molecule has 0 spiro atoms. The summed E-state index contributed by atoms with van der Waals surface area (Å²) in [4.78, 5) is 24.3. The van der Waals surface area contributed by atoms with Crippen molar-refractivity contribution in [2.75, 3.05) is 0 Å². The molecule has 0 aromatic rings. The highest BCUT2D eigenvalue weighted by atomic mass is 16.1. The molecule has 0 aromatic heterocycles. The lowest BCUT2D eigenvalue weighted by molar-refractivity contribution is -0.131. The van der Waals surface area contributed by atoms with Crippen LogP contribution in [0.5, 0.6) is 0 Å². The monoisotopic (exact) mass is 298 g/mol. The van der Waals surface area contributed by atoms with Crippen LogP contribution in [0.25, 0.3) is 0 Å². The molecule has 118 valence electrons. The summed E-state index contributed by atoms with van der Waals surface area (Å²) >= 11 is 0. The largest absolute Gasteiger partial charge is 0.299 e. The van der Waals surface area contributed by atoms with Gasteiger partial charge in [-0.15, -0.1) is 0 Å². The number of Topliss-reactive ketones (excluding diaryl/α,β-unsaturated/α-hetero) is 1. The van der Waals surface area contributed by atoms with Gasteiger partial charge in [-0.1, -0.05) is 32.9 Å². The van der Waals surface area contributed by atoms with E-state index < -0.39 is 0 Å². The summed E-state index contributed by atoms with van der Waals surface area (Å²) in [5, 5.41) is 0. The predicted molar refractivity (Wildman–Crippen MR) is 86.2 cm³/mol. The van der Waals surface area contributed by atoms with Crippen LogP contribution in [-0.2, 0) is 9.59 Å². The molecule has 4 rings (SSSR count). The minimum Gasteiger partial charge on any atom is -0.299 e. The van der Waals surface area contributed by atoms with Gasteiger partial charge < -0.3 is 0 Å². The topological polar surface area (TPSA) is 34.1 Å². The fraction of sp³-hybridized carbons (Fsp3) is 0.700. The Morgan fingerprint density at radius 1 is 1.14 bits per heavy atom. The lowest BCUT2D eigenvalue weighted by Crippen LogP contribution is -2.51. The molecule has 0 amide bonds. The van der Waals surface area contributed by atoms with Crippen LogP contribution in [0.15, 0.2) is 23.8 Å². The van der Waals surface area contributed by atoms with E-state index in [1.807, 2.05) is 6.08 Å². The second-order valence-corrected chi connectivity index (χ2v) is 8.52. The lowest BCUT2D eigenvalue weighted by atomic mass is 9.47. The lowest BCUT2D eigenvalue weighted by Gasteiger charge is -2.56. The van der Waals surface area contributed by atoms with E-state index in [2.05, 4.69) is 32.9 Å². The number of rotatable bonds is 0. The van der Waals surface area contributed by atoms with E-state index in [-0.39, 0.29) is 16.6 Å². The quantitative estimate of drug-likeness (QED) is 0.674. The molecule has 4 aliphatic rings. The third-order valence-corrected chi connectivity index (χ3v) is 7.78. The minimum atomic E-state index is -0.0865. The van der Waals surface area contributed by atoms with E-state index in [1.54, 1.807) is 0 Å². The summed E-state index contributed by atoms with van der Waals surface area (Å²) in [6, 6.07) is 0. The molecular weight excluding hydrogens is 272 g/mol. The highest BCUT2D eigenvalue weighted by Crippen LogP contribution is 2.63. The molecule has 6 atom stereocenters. The van der Waals surface area contributed by atoms with Crippen molar-refractivity contribution >= 4 is 11.6 Å². The summed E-state index contributed by atoms with van der Waals surface area (Å²) in [6.07, 6.45) is 11.1. The van der Waals surface area contributed by atoms with Gasteiger partial charge in [-0.05, 0) is 60.0 Å². The zero-order valence-electron chi connectivity index (χ0n) is 13.9. The zero-order valence-corrected chi connectivity index (χ0v) is 13.9. The normalized spacial score (nSPS) is 50.2. The van der Waals surface area contributed by atoms with Crippen LogP contribution >= 0.6 is 0 Å². The van der Waals surface area contributed by atoms with Gasteiger partial charge in [-0.3, -0.25) is 9.59 Å². The third-order valence-electron chi connectivity index (χ3n) is 7.78. The Bertz CT molecular complexity index is 613. The molecule has 0 bridgehead atoms. The molecule has 0 N–H and O–H groups in total. The van der Waals surface area contributed by atoms with E-state index in [4.69, 9.17) is 0 Å². The van der Waals surface area contributed by atoms with Gasteiger partial charge in [0.2, 0.25) is 0 Å². The summed E-state index contributed by atoms with van der Waals surface area (Å²) in [5.41, 5.74) is 1.27. The summed E-state index contributed by atoms with van der Waals surface area (Å²) in [5.74, 6) is 2.79. The SMILES string of the molecule is CC1CC(=O)C=C2C=C[C@H]3[C@@H]4CCC(=O)[C@@]4(C)CC[C@@H]3[C@]21C. The Labute approximate surface area is 133 Å². The maximum atomic E-state index is 12.4. The Kier molecular flexibility index (Phi) is 2.90. The maximum absolute atomic E-state index is 12.4. The molecule has 0 aliphatic heterocycles. The first-order valence-corrected chi connectivity index (χ1v) is 8.84. The van der Waals surface area contributed by atoms with Crippen molar-refractivity contribution in [3.05, 3.63) is 23.8 Å². The van der Waals surface area contributed by atoms with Gasteiger partial charge in [0.25, 0.3) is 0 Å². The third kappa shape index (κ3) is 1.62. The number of carbonyl (C=O) groups is 2. The van der Waals surface area contributed by atoms with E-state index >= 15 is 0 Å². The Hall–Kier alpha value is -1.18. The molecule has 0 aromatic carbocycles. The van der Waals surface area contributed by atoms with Crippen LogP contribution in [0.2, 0.25) is 0 Å². The average molecular weight is 298 g/mol. The van der Waals surface area contributed by atoms with Gasteiger partial charge in [-0.2, -0.15) is 0 Å². The van der Waals surface area contributed by atoms with Crippen LogP contribution in [0.1, 0.15) is 52.9 Å². The first kappa shape index (κ1) is 14.4. The minimum absolute atomic E-state index is 0.0865. The molecule has 22 heavy (non-hydrogen) atoms. The van der Waals surface area contributed by atoms with Crippen molar-refractivity contribution in [1.29, 1.82) is 0 Å². The molecule has 0 radical (unpaired) electrons. The van der Waals surface area contributed by atoms with Gasteiger partial charge in [0, 0.05) is 18.3 Å². The van der Waals surface area contributed by atoms with Gasteiger partial charge in [0.15, 0.2) is 5.78 Å². The molecule has 2 saturated carbocycles. The Balaban J connectivity index is 1.79. The Morgan fingerprint density at radius 2 is 1.91 bits per heavy atom. The van der Waals surface area contributed by atoms with E-state index in [0.29, 0.717) is 35.9 Å². The first-order valence-electron chi connectivity index (χ1n) is 8.84. The van der Waals surface area contributed by atoms with Crippen LogP contribution in [-0.4, -0.2) is 11.6 Å². The van der Waals surface area contributed by atoms with Crippen molar-refractivity contribution in [3.8, 4) is 0 Å². The molecule has 4 aliphatic carbocycles. The maximum Gasteiger partial charge on any atom is 0.156 e. The van der Waals surface area contributed by atoms with Crippen LogP contribution in [0, 0.1) is 34.5 Å². The van der Waals surface area contributed by atoms with Crippen LogP contribution < -0.4 is 0 Å². The van der Waals surface area contributed by atoms with E-state index in [9.17, 15) is 9.59 Å². The van der Waals surface area contributed by atoms with Gasteiger partial charge >= 0.3 is 0 Å². The van der Waals surface area contributed by atoms with E-state index in [0.717, 1.165) is 25.7 Å². The van der Waals surface area contributed by atoms with Crippen LogP contribution in [0.3, 0.4) is 0 Å². The summed E-state index contributed by atoms with van der Waals surface area (Å²) in [6.45, 7) is 6.82. The van der Waals surface area contributed by atoms with Crippen LogP contribution in [0.4, 0.5) is 0 Å². The fourth-order valence-electron chi connectivity index (χ4n) is 6.14. The molecule has 2 fully saturated rings. The Morgan fingerprint density at radius 3 is 2.68 bits per heavy atom. The molecule has 2 heteroatoms. The van der Waals surface area contributed by atoms with Crippen molar-refractivity contribution in [2.24, 2.45) is 34.5 Å². The van der Waals surface area contributed by atoms with Crippen molar-refractivity contribution in [2.45, 2.75) is 52.9 Å². The van der Waals surface area contributed by atoms with Gasteiger partial charge in [0.1, 0.15) is 5.78 Å². The standard InChI is InChI=1S/C20H26O2/c1-12-10-14(21)11-13-4-5-15-16-6-7-18(22)19(16,2)9-8-17(15)20(12,13)3/h4-5,11-12,15-17H,6-10H2,1-3H3/t12?,15-,16-,17-,19-,20-/m0/s1. The number of hydrogen-bond acceptors (Lipinski definition) is 2. The second-order valence-electron chi connectivity index (χ2n) is 8.52. The number of hydrogen-bond donors (Lipinski definition) is 0. The smallest absolute Gasteiger partial charge is 0.156 e. The molecule has 0 heterocycles. The zero-order chi connectivity index (χ0) is 15.7. The number of allylic oxidation sites excluding steroid dienone is 4. The second kappa shape index (κ2) is 4.43. The number of ketones is 2. The molecular formula is C20H26O2. The number of carbonyl (C=O) groups excluding carboxylic acids is 2. The highest BCUT2D eigenvalue weighted by molar-refractivity contribution is 5.92. The van der Waals surface area contributed by atoms with Crippen molar-refractivity contribution < 1.29 is 9.59 Å². The van der Waals surface area contributed by atoms with Gasteiger partial charge in [0.05, 0.1) is 0 Å². The fourth-order valence-corrected chi connectivity index (χ4v) is 6.14. The first-order chi connectivity index (χ1) is 10.4. The highest BCUT2D eigenvalue weighted by Gasteiger charge is 2.59. The van der Waals surface area contributed by atoms with Crippen molar-refractivity contribution in [3.63, 3.8) is 0 Å². The van der Waals surface area contributed by atoms with E-state index in [1.165, 1.54) is 5.57 Å².